The van der Waals surface area contributed by atoms with Crippen LogP contribution in [-0.4, -0.2) is 24.9 Å². The van der Waals surface area contributed by atoms with Crippen molar-refractivity contribution in [1.82, 2.24) is 9.97 Å². The van der Waals surface area contributed by atoms with E-state index in [2.05, 4.69) is 9.97 Å². The Bertz CT molecular complexity index is 749. The largest absolute Gasteiger partial charge is 0.265 e. The Morgan fingerprint density at radius 3 is 2.38 bits per heavy atom. The van der Waals surface area contributed by atoms with E-state index in [0.717, 1.165) is 0 Å². The fraction of sp³-hybridized carbons (Fsp3) is 0.231. The van der Waals surface area contributed by atoms with E-state index in [1.165, 1.54) is 34.9 Å². The van der Waals surface area contributed by atoms with Crippen molar-refractivity contribution < 1.29 is 8.42 Å². The molecule has 1 aromatic carbocycles. The Balaban J connectivity index is 2.54. The third-order valence-corrected chi connectivity index (χ3v) is 5.42. The van der Waals surface area contributed by atoms with Gasteiger partial charge in [0.15, 0.2) is 0 Å². The molecule has 5 nitrogen and oxygen atoms in total. The topological polar surface area (TPSA) is 63.2 Å². The van der Waals surface area contributed by atoms with Gasteiger partial charge in [-0.25, -0.2) is 18.4 Å². The highest BCUT2D eigenvalue weighted by molar-refractivity contribution is 7.93. The molecule has 0 radical (unpaired) electrons. The average Bonchev–Trinajstić information content (AvgIpc) is 2.44. The molecule has 112 valence electrons. The van der Waals surface area contributed by atoms with Crippen LogP contribution in [0.4, 0.5) is 5.69 Å². The lowest BCUT2D eigenvalue weighted by atomic mass is 10.4. The van der Waals surface area contributed by atoms with E-state index in [9.17, 15) is 8.42 Å². The number of benzene rings is 1. The van der Waals surface area contributed by atoms with Crippen LogP contribution >= 0.6 is 23.2 Å². The highest BCUT2D eigenvalue weighted by Crippen LogP contribution is 2.29. The number of aryl methyl sites for hydroxylation is 1. The van der Waals surface area contributed by atoms with Crippen LogP contribution in [0.2, 0.25) is 10.0 Å². The first kappa shape index (κ1) is 16.0. The monoisotopic (exact) mass is 345 g/mol. The molecule has 0 aliphatic carbocycles. The summed E-state index contributed by atoms with van der Waals surface area (Å²) in [4.78, 5) is 8.00. The van der Waals surface area contributed by atoms with E-state index in [4.69, 9.17) is 23.2 Å². The van der Waals surface area contributed by atoms with Crippen molar-refractivity contribution >= 4 is 38.9 Å². The predicted molar refractivity (Wildman–Crippen MR) is 83.4 cm³/mol. The molecule has 0 spiro atoms. The maximum absolute atomic E-state index is 12.7. The maximum Gasteiger partial charge on any atom is 0.265 e. The maximum atomic E-state index is 12.7. The first-order valence-electron chi connectivity index (χ1n) is 6.12. The van der Waals surface area contributed by atoms with Gasteiger partial charge < -0.3 is 0 Å². The summed E-state index contributed by atoms with van der Waals surface area (Å²) in [5.41, 5.74) is 0.374. The highest BCUT2D eigenvalue weighted by Gasteiger charge is 2.26. The van der Waals surface area contributed by atoms with Gasteiger partial charge in [-0.3, -0.25) is 4.31 Å². The molecule has 0 bridgehead atoms. The average molecular weight is 346 g/mol. The fourth-order valence-electron chi connectivity index (χ4n) is 1.80. The second kappa shape index (κ2) is 6.17. The molecule has 0 saturated heterocycles. The number of nitrogens with zero attached hydrogens (tertiary/aromatic N) is 3. The van der Waals surface area contributed by atoms with Crippen molar-refractivity contribution in [2.45, 2.75) is 18.7 Å². The molecule has 1 heterocycles. The standard InChI is InChI=1S/C13H13Cl2N3O2S/c1-3-18(11-7-16-9(2)17-8-11)21(19,20)13-6-10(14)4-5-12(13)15/h4-8H,3H2,1-2H3. The summed E-state index contributed by atoms with van der Waals surface area (Å²) in [6, 6.07) is 4.32. The Labute approximate surface area is 133 Å². The summed E-state index contributed by atoms with van der Waals surface area (Å²) in [6.07, 6.45) is 2.92. The molecule has 2 rings (SSSR count). The van der Waals surface area contributed by atoms with Crippen LogP contribution in [-0.2, 0) is 10.0 Å². The molecule has 0 aliphatic heterocycles. The van der Waals surface area contributed by atoms with Gasteiger partial charge in [-0.05, 0) is 32.0 Å². The minimum atomic E-state index is -3.83. The van der Waals surface area contributed by atoms with E-state index in [1.807, 2.05) is 0 Å². The van der Waals surface area contributed by atoms with E-state index in [-0.39, 0.29) is 16.5 Å². The predicted octanol–water partition coefficient (Wildman–Crippen LogP) is 3.31. The van der Waals surface area contributed by atoms with Crippen LogP contribution in [0.3, 0.4) is 0 Å². The number of aromatic nitrogens is 2. The Hall–Kier alpha value is -1.37. The number of rotatable bonds is 4. The van der Waals surface area contributed by atoms with Gasteiger partial charge in [0.2, 0.25) is 0 Å². The zero-order chi connectivity index (χ0) is 15.6. The van der Waals surface area contributed by atoms with Crippen LogP contribution in [0.25, 0.3) is 0 Å². The summed E-state index contributed by atoms with van der Waals surface area (Å²) in [5.74, 6) is 0.563. The zero-order valence-electron chi connectivity index (χ0n) is 11.4. The molecule has 0 atom stereocenters. The van der Waals surface area contributed by atoms with Crippen molar-refractivity contribution in [3.63, 3.8) is 0 Å². The molecule has 0 unspecified atom stereocenters. The second-order valence-electron chi connectivity index (χ2n) is 4.23. The third-order valence-electron chi connectivity index (χ3n) is 2.80. The molecule has 0 fully saturated rings. The van der Waals surface area contributed by atoms with Crippen LogP contribution in [0, 0.1) is 6.92 Å². The Kier molecular flexibility index (Phi) is 4.70. The molecule has 21 heavy (non-hydrogen) atoms. The molecular formula is C13H13Cl2N3O2S. The lowest BCUT2D eigenvalue weighted by molar-refractivity contribution is 0.591. The minimum absolute atomic E-state index is 0.0425. The van der Waals surface area contributed by atoms with Crippen molar-refractivity contribution in [2.24, 2.45) is 0 Å². The number of hydrogen-bond donors (Lipinski definition) is 0. The lowest BCUT2D eigenvalue weighted by Crippen LogP contribution is -2.31. The van der Waals surface area contributed by atoms with Gasteiger partial charge in [0, 0.05) is 11.6 Å². The number of sulfonamides is 1. The van der Waals surface area contributed by atoms with Crippen LogP contribution in [0.1, 0.15) is 12.7 Å². The fourth-order valence-corrected chi connectivity index (χ4v) is 3.99. The van der Waals surface area contributed by atoms with Crippen molar-refractivity contribution in [2.75, 3.05) is 10.8 Å². The molecule has 0 aliphatic rings. The van der Waals surface area contributed by atoms with E-state index >= 15 is 0 Å². The summed E-state index contributed by atoms with van der Waals surface area (Å²) in [6.45, 7) is 3.66. The van der Waals surface area contributed by atoms with Crippen LogP contribution < -0.4 is 4.31 Å². The van der Waals surface area contributed by atoms with Gasteiger partial charge in [0.05, 0.1) is 23.1 Å². The lowest BCUT2D eigenvalue weighted by Gasteiger charge is -2.22. The molecule has 8 heteroatoms. The molecule has 0 saturated carbocycles. The van der Waals surface area contributed by atoms with E-state index < -0.39 is 10.0 Å². The number of anilines is 1. The van der Waals surface area contributed by atoms with E-state index in [0.29, 0.717) is 16.5 Å². The van der Waals surface area contributed by atoms with Crippen molar-refractivity contribution in [1.29, 1.82) is 0 Å². The summed E-state index contributed by atoms with van der Waals surface area (Å²) in [7, 11) is -3.83. The highest BCUT2D eigenvalue weighted by atomic mass is 35.5. The van der Waals surface area contributed by atoms with Crippen LogP contribution in [0.5, 0.6) is 0 Å². The number of halogens is 2. The quantitative estimate of drug-likeness (QED) is 0.852. The zero-order valence-corrected chi connectivity index (χ0v) is 13.7. The van der Waals surface area contributed by atoms with Gasteiger partial charge in [0.1, 0.15) is 10.7 Å². The van der Waals surface area contributed by atoms with Gasteiger partial charge >= 0.3 is 0 Å². The van der Waals surface area contributed by atoms with Crippen molar-refractivity contribution in [3.05, 3.63) is 46.5 Å². The molecule has 2 aromatic rings. The van der Waals surface area contributed by atoms with Gasteiger partial charge in [-0.2, -0.15) is 0 Å². The third kappa shape index (κ3) is 3.28. The number of hydrogen-bond acceptors (Lipinski definition) is 4. The second-order valence-corrected chi connectivity index (χ2v) is 6.91. The first-order chi connectivity index (χ1) is 9.86. The van der Waals surface area contributed by atoms with Crippen molar-refractivity contribution in [3.8, 4) is 0 Å². The molecule has 0 N–H and O–H groups in total. The van der Waals surface area contributed by atoms with Gasteiger partial charge in [-0.1, -0.05) is 23.2 Å². The van der Waals surface area contributed by atoms with Crippen LogP contribution in [0.15, 0.2) is 35.5 Å². The molecular weight excluding hydrogens is 333 g/mol. The summed E-state index contributed by atoms with van der Waals surface area (Å²) in [5, 5.41) is 0.417. The normalized spacial score (nSPS) is 11.4. The van der Waals surface area contributed by atoms with Gasteiger partial charge in [-0.15, -0.1) is 0 Å². The SMILES string of the molecule is CCN(c1cnc(C)nc1)S(=O)(=O)c1cc(Cl)ccc1Cl. The minimum Gasteiger partial charge on any atom is -0.263 e. The Morgan fingerprint density at radius 1 is 1.19 bits per heavy atom. The molecule has 0 amide bonds. The van der Waals surface area contributed by atoms with E-state index in [1.54, 1.807) is 13.8 Å². The summed E-state index contributed by atoms with van der Waals surface area (Å²) >= 11 is 11.9. The first-order valence-corrected chi connectivity index (χ1v) is 8.32. The summed E-state index contributed by atoms with van der Waals surface area (Å²) < 4.78 is 26.7. The Morgan fingerprint density at radius 2 is 1.81 bits per heavy atom. The molecule has 1 aromatic heterocycles. The van der Waals surface area contributed by atoms with Gasteiger partial charge in [0.25, 0.3) is 10.0 Å². The smallest absolute Gasteiger partial charge is 0.263 e.